The van der Waals surface area contributed by atoms with E-state index in [-0.39, 0.29) is 11.8 Å². The van der Waals surface area contributed by atoms with E-state index in [1.54, 1.807) is 20.3 Å². The highest BCUT2D eigenvalue weighted by molar-refractivity contribution is 5.91. The van der Waals surface area contributed by atoms with Crippen LogP contribution in [0.1, 0.15) is 37.7 Å². The number of aromatic nitrogens is 2. The van der Waals surface area contributed by atoms with E-state index in [0.717, 1.165) is 31.2 Å². The number of ether oxygens (including phenoxy) is 2. The fourth-order valence-corrected chi connectivity index (χ4v) is 3.27. The molecular formula is C20H26N4O3. The SMILES string of the molecule is COc1ccc(CNc2ccc(NC(=O)C3CCCCC3)nn2)cc1OC. The molecule has 1 aromatic carbocycles. The minimum atomic E-state index is 0.0510. The molecule has 0 aliphatic heterocycles. The maximum Gasteiger partial charge on any atom is 0.228 e. The normalized spacial score (nSPS) is 14.4. The highest BCUT2D eigenvalue weighted by atomic mass is 16.5. The van der Waals surface area contributed by atoms with Gasteiger partial charge in [0.25, 0.3) is 0 Å². The largest absolute Gasteiger partial charge is 0.493 e. The van der Waals surface area contributed by atoms with E-state index in [4.69, 9.17) is 9.47 Å². The van der Waals surface area contributed by atoms with Crippen LogP contribution in [0.15, 0.2) is 30.3 Å². The van der Waals surface area contributed by atoms with Crippen molar-refractivity contribution in [3.63, 3.8) is 0 Å². The Morgan fingerprint density at radius 1 is 1.00 bits per heavy atom. The van der Waals surface area contributed by atoms with Crippen molar-refractivity contribution < 1.29 is 14.3 Å². The molecule has 1 fully saturated rings. The van der Waals surface area contributed by atoms with Gasteiger partial charge in [-0.2, -0.15) is 0 Å². The molecule has 27 heavy (non-hydrogen) atoms. The maximum absolute atomic E-state index is 12.3. The highest BCUT2D eigenvalue weighted by Gasteiger charge is 2.21. The molecule has 1 aliphatic carbocycles. The lowest BCUT2D eigenvalue weighted by atomic mass is 9.89. The Balaban J connectivity index is 1.54. The van der Waals surface area contributed by atoms with E-state index in [1.165, 1.54) is 6.42 Å². The first-order valence-electron chi connectivity index (χ1n) is 9.29. The van der Waals surface area contributed by atoms with E-state index < -0.39 is 0 Å². The van der Waals surface area contributed by atoms with Crippen molar-refractivity contribution in [2.45, 2.75) is 38.6 Å². The lowest BCUT2D eigenvalue weighted by molar-refractivity contribution is -0.120. The van der Waals surface area contributed by atoms with Crippen LogP contribution >= 0.6 is 0 Å². The first-order valence-corrected chi connectivity index (χ1v) is 9.29. The Morgan fingerprint density at radius 3 is 2.37 bits per heavy atom. The van der Waals surface area contributed by atoms with Crippen LogP contribution in [0.4, 0.5) is 11.6 Å². The second-order valence-corrected chi connectivity index (χ2v) is 6.67. The molecule has 0 spiro atoms. The average Bonchev–Trinajstić information content (AvgIpc) is 2.73. The zero-order valence-corrected chi connectivity index (χ0v) is 15.8. The van der Waals surface area contributed by atoms with Gasteiger partial charge in [-0.25, -0.2) is 0 Å². The minimum Gasteiger partial charge on any atom is -0.493 e. The van der Waals surface area contributed by atoms with Crippen LogP contribution in [0.5, 0.6) is 11.5 Å². The molecule has 1 aliphatic rings. The molecule has 1 saturated carbocycles. The van der Waals surface area contributed by atoms with Gasteiger partial charge >= 0.3 is 0 Å². The molecule has 0 atom stereocenters. The zero-order valence-electron chi connectivity index (χ0n) is 15.8. The molecule has 7 nitrogen and oxygen atoms in total. The number of rotatable bonds is 7. The van der Waals surface area contributed by atoms with Crippen LogP contribution < -0.4 is 20.1 Å². The predicted octanol–water partition coefficient (Wildman–Crippen LogP) is 3.62. The molecule has 2 aromatic rings. The van der Waals surface area contributed by atoms with Crippen molar-refractivity contribution in [2.75, 3.05) is 24.9 Å². The number of nitrogens with zero attached hydrogens (tertiary/aromatic N) is 2. The number of hydrogen-bond acceptors (Lipinski definition) is 6. The molecule has 2 N–H and O–H groups in total. The van der Waals surface area contributed by atoms with Gasteiger partial charge in [0, 0.05) is 12.5 Å². The number of methoxy groups -OCH3 is 2. The molecular weight excluding hydrogens is 344 g/mol. The lowest BCUT2D eigenvalue weighted by Crippen LogP contribution is -2.25. The number of amides is 1. The van der Waals surface area contributed by atoms with E-state index in [9.17, 15) is 4.79 Å². The third kappa shape index (κ3) is 5.09. The molecule has 1 aromatic heterocycles. The summed E-state index contributed by atoms with van der Waals surface area (Å²) in [5.41, 5.74) is 1.03. The molecule has 1 heterocycles. The van der Waals surface area contributed by atoms with Gasteiger partial charge in [-0.1, -0.05) is 25.3 Å². The number of anilines is 2. The molecule has 0 bridgehead atoms. The Kier molecular flexibility index (Phi) is 6.46. The van der Waals surface area contributed by atoms with E-state index in [1.807, 2.05) is 24.3 Å². The summed E-state index contributed by atoms with van der Waals surface area (Å²) in [6, 6.07) is 9.32. The summed E-state index contributed by atoms with van der Waals surface area (Å²) >= 11 is 0. The second kappa shape index (κ2) is 9.21. The van der Waals surface area contributed by atoms with Gasteiger partial charge in [-0.15, -0.1) is 10.2 Å². The van der Waals surface area contributed by atoms with Gasteiger partial charge < -0.3 is 20.1 Å². The standard InChI is InChI=1S/C20H26N4O3/c1-26-16-9-8-14(12-17(16)27-2)13-21-18-10-11-19(24-23-18)22-20(25)15-6-4-3-5-7-15/h8-12,15H,3-7,13H2,1-2H3,(H,21,23)(H,22,24,25). The Labute approximate surface area is 159 Å². The second-order valence-electron chi connectivity index (χ2n) is 6.67. The average molecular weight is 370 g/mol. The topological polar surface area (TPSA) is 85.4 Å². The molecule has 1 amide bonds. The van der Waals surface area contributed by atoms with Crippen molar-refractivity contribution in [1.29, 1.82) is 0 Å². The van der Waals surface area contributed by atoms with Crippen molar-refractivity contribution in [2.24, 2.45) is 5.92 Å². The van der Waals surface area contributed by atoms with Crippen LogP contribution in [0.2, 0.25) is 0 Å². The summed E-state index contributed by atoms with van der Waals surface area (Å²) in [5.74, 6) is 2.66. The highest BCUT2D eigenvalue weighted by Crippen LogP contribution is 2.28. The van der Waals surface area contributed by atoms with Gasteiger partial charge in [-0.05, 0) is 42.7 Å². The third-order valence-corrected chi connectivity index (χ3v) is 4.81. The van der Waals surface area contributed by atoms with Gasteiger partial charge in [-0.3, -0.25) is 4.79 Å². The van der Waals surface area contributed by atoms with Crippen LogP contribution in [0.25, 0.3) is 0 Å². The molecule has 0 saturated heterocycles. The fourth-order valence-electron chi connectivity index (χ4n) is 3.27. The smallest absolute Gasteiger partial charge is 0.228 e. The Hall–Kier alpha value is -2.83. The van der Waals surface area contributed by atoms with Gasteiger partial charge in [0.15, 0.2) is 17.3 Å². The van der Waals surface area contributed by atoms with Crippen molar-refractivity contribution >= 4 is 17.5 Å². The van der Waals surface area contributed by atoms with E-state index >= 15 is 0 Å². The first-order chi connectivity index (χ1) is 13.2. The van der Waals surface area contributed by atoms with Crippen LogP contribution in [0.3, 0.4) is 0 Å². The Morgan fingerprint density at radius 2 is 1.70 bits per heavy atom. The maximum atomic E-state index is 12.3. The predicted molar refractivity (Wildman–Crippen MR) is 104 cm³/mol. The van der Waals surface area contributed by atoms with Crippen molar-refractivity contribution in [3.8, 4) is 11.5 Å². The summed E-state index contributed by atoms with van der Waals surface area (Å²) < 4.78 is 10.6. The van der Waals surface area contributed by atoms with Crippen molar-refractivity contribution in [3.05, 3.63) is 35.9 Å². The van der Waals surface area contributed by atoms with Gasteiger partial charge in [0.1, 0.15) is 5.82 Å². The molecule has 3 rings (SSSR count). The Bertz CT molecular complexity index is 758. The fraction of sp³-hybridized carbons (Fsp3) is 0.450. The molecule has 0 unspecified atom stereocenters. The summed E-state index contributed by atoms with van der Waals surface area (Å²) in [7, 11) is 3.22. The minimum absolute atomic E-state index is 0.0510. The van der Waals surface area contributed by atoms with Crippen LogP contribution in [-0.4, -0.2) is 30.3 Å². The van der Waals surface area contributed by atoms with Gasteiger partial charge in [0.05, 0.1) is 14.2 Å². The van der Waals surface area contributed by atoms with Crippen molar-refractivity contribution in [1.82, 2.24) is 10.2 Å². The molecule has 144 valence electrons. The summed E-state index contributed by atoms with van der Waals surface area (Å²) in [6.45, 7) is 0.572. The molecule has 7 heteroatoms. The third-order valence-electron chi connectivity index (χ3n) is 4.81. The van der Waals surface area contributed by atoms with Crippen LogP contribution in [0, 0.1) is 5.92 Å². The number of nitrogens with one attached hydrogen (secondary N) is 2. The lowest BCUT2D eigenvalue weighted by Gasteiger charge is -2.20. The number of carbonyl (C=O) groups is 1. The monoisotopic (exact) mass is 370 g/mol. The van der Waals surface area contributed by atoms with Gasteiger partial charge in [0.2, 0.25) is 5.91 Å². The van der Waals surface area contributed by atoms with E-state index in [0.29, 0.717) is 29.7 Å². The summed E-state index contributed by atoms with van der Waals surface area (Å²) in [4.78, 5) is 12.3. The van der Waals surface area contributed by atoms with E-state index in [2.05, 4.69) is 20.8 Å². The number of benzene rings is 1. The number of carbonyl (C=O) groups excluding carboxylic acids is 1. The van der Waals surface area contributed by atoms with Crippen LogP contribution in [-0.2, 0) is 11.3 Å². The zero-order chi connectivity index (χ0) is 19.1. The molecule has 0 radical (unpaired) electrons. The summed E-state index contributed by atoms with van der Waals surface area (Å²) in [6.07, 6.45) is 5.41. The quantitative estimate of drug-likeness (QED) is 0.774. The first kappa shape index (κ1) is 18.9. The number of hydrogen-bond donors (Lipinski definition) is 2. The summed E-state index contributed by atoms with van der Waals surface area (Å²) in [5, 5.41) is 14.3.